The largest absolute Gasteiger partial charge is 0.354 e. The van der Waals surface area contributed by atoms with Gasteiger partial charge in [0.2, 0.25) is 17.8 Å². The van der Waals surface area contributed by atoms with Crippen molar-refractivity contribution in [2.75, 3.05) is 48.8 Å². The second kappa shape index (κ2) is 6.98. The lowest BCUT2D eigenvalue weighted by Gasteiger charge is -2.21. The minimum Gasteiger partial charge on any atom is -0.354 e. The predicted octanol–water partition coefficient (Wildman–Crippen LogP) is 1.61. The number of nitrogens with one attached hydrogen (secondary N) is 1. The minimum absolute atomic E-state index is 0.650. The summed E-state index contributed by atoms with van der Waals surface area (Å²) in [6.07, 6.45) is 1.05. The normalized spacial score (nSPS) is 10.3. The molecule has 1 aromatic rings. The molecular formula is C12H24N6. The van der Waals surface area contributed by atoms with Gasteiger partial charge in [-0.3, -0.25) is 0 Å². The summed E-state index contributed by atoms with van der Waals surface area (Å²) >= 11 is 0. The van der Waals surface area contributed by atoms with Gasteiger partial charge < -0.3 is 15.1 Å². The molecule has 0 aliphatic carbocycles. The van der Waals surface area contributed by atoms with Gasteiger partial charge in [0.15, 0.2) is 0 Å². The summed E-state index contributed by atoms with van der Waals surface area (Å²) in [5, 5.41) is 3.22. The first-order valence-corrected chi connectivity index (χ1v) is 6.54. The Morgan fingerprint density at radius 1 is 0.944 bits per heavy atom. The van der Waals surface area contributed by atoms with E-state index >= 15 is 0 Å². The van der Waals surface area contributed by atoms with Crippen LogP contribution in [-0.4, -0.2) is 48.7 Å². The molecule has 0 aliphatic rings. The number of nitrogens with zero attached hydrogens (tertiary/aromatic N) is 5. The maximum Gasteiger partial charge on any atom is 0.231 e. The molecule has 102 valence electrons. The van der Waals surface area contributed by atoms with Crippen molar-refractivity contribution in [3.8, 4) is 0 Å². The average molecular weight is 252 g/mol. The molecule has 0 saturated carbocycles. The van der Waals surface area contributed by atoms with Crippen LogP contribution in [0.15, 0.2) is 0 Å². The van der Waals surface area contributed by atoms with Gasteiger partial charge in [0.05, 0.1) is 0 Å². The predicted molar refractivity (Wildman–Crippen MR) is 76.5 cm³/mol. The average Bonchev–Trinajstić information content (AvgIpc) is 2.37. The number of hydrogen-bond donors (Lipinski definition) is 1. The van der Waals surface area contributed by atoms with E-state index < -0.39 is 0 Å². The van der Waals surface area contributed by atoms with Gasteiger partial charge in [-0.25, -0.2) is 0 Å². The maximum atomic E-state index is 4.47. The Balaban J connectivity index is 3.04. The van der Waals surface area contributed by atoms with Crippen molar-refractivity contribution in [2.24, 2.45) is 0 Å². The lowest BCUT2D eigenvalue weighted by molar-refractivity contribution is 0.804. The van der Waals surface area contributed by atoms with E-state index in [2.05, 4.69) is 45.9 Å². The second-order valence-electron chi connectivity index (χ2n) is 4.25. The third kappa shape index (κ3) is 3.72. The molecule has 0 bridgehead atoms. The van der Waals surface area contributed by atoms with Gasteiger partial charge in [0, 0.05) is 33.7 Å². The zero-order valence-electron chi connectivity index (χ0n) is 12.1. The Hall–Kier alpha value is -1.59. The molecule has 0 unspecified atom stereocenters. The Bertz CT molecular complexity index is 362. The first-order chi connectivity index (χ1) is 8.62. The molecule has 6 heteroatoms. The van der Waals surface area contributed by atoms with Crippen LogP contribution in [0.1, 0.15) is 27.2 Å². The third-order valence-corrected chi connectivity index (χ3v) is 2.59. The molecule has 18 heavy (non-hydrogen) atoms. The molecule has 1 aromatic heterocycles. The van der Waals surface area contributed by atoms with Crippen LogP contribution in [0.2, 0.25) is 0 Å². The van der Waals surface area contributed by atoms with Crippen molar-refractivity contribution in [1.82, 2.24) is 15.0 Å². The van der Waals surface area contributed by atoms with Crippen LogP contribution in [0.3, 0.4) is 0 Å². The Morgan fingerprint density at radius 2 is 1.56 bits per heavy atom. The first-order valence-electron chi connectivity index (χ1n) is 6.54. The molecule has 1 N–H and O–H groups in total. The van der Waals surface area contributed by atoms with E-state index in [4.69, 9.17) is 0 Å². The van der Waals surface area contributed by atoms with Gasteiger partial charge in [-0.15, -0.1) is 0 Å². The molecular weight excluding hydrogens is 228 g/mol. The van der Waals surface area contributed by atoms with E-state index in [1.807, 2.05) is 19.0 Å². The highest BCUT2D eigenvalue weighted by molar-refractivity contribution is 5.44. The molecule has 0 aliphatic heterocycles. The van der Waals surface area contributed by atoms with Crippen LogP contribution in [-0.2, 0) is 0 Å². The minimum atomic E-state index is 0.650. The van der Waals surface area contributed by atoms with E-state index in [0.717, 1.165) is 32.0 Å². The van der Waals surface area contributed by atoms with Crippen molar-refractivity contribution in [1.29, 1.82) is 0 Å². The maximum absolute atomic E-state index is 4.47. The van der Waals surface area contributed by atoms with Crippen LogP contribution in [0.4, 0.5) is 17.8 Å². The SMILES string of the molecule is CCCNc1nc(N(C)C)nc(N(CC)CC)n1. The molecule has 0 fully saturated rings. The van der Waals surface area contributed by atoms with Crippen molar-refractivity contribution >= 4 is 17.8 Å². The van der Waals surface area contributed by atoms with Crippen LogP contribution < -0.4 is 15.1 Å². The fraction of sp³-hybridized carbons (Fsp3) is 0.750. The van der Waals surface area contributed by atoms with E-state index in [9.17, 15) is 0 Å². The Labute approximate surface area is 109 Å². The summed E-state index contributed by atoms with van der Waals surface area (Å²) in [6, 6.07) is 0. The topological polar surface area (TPSA) is 57.2 Å². The molecule has 0 spiro atoms. The number of aromatic nitrogens is 3. The highest BCUT2D eigenvalue weighted by Gasteiger charge is 2.11. The number of hydrogen-bond acceptors (Lipinski definition) is 6. The lowest BCUT2D eigenvalue weighted by atomic mass is 10.5. The van der Waals surface area contributed by atoms with Gasteiger partial charge >= 0.3 is 0 Å². The van der Waals surface area contributed by atoms with Gasteiger partial charge in [-0.2, -0.15) is 15.0 Å². The first kappa shape index (κ1) is 14.5. The summed E-state index contributed by atoms with van der Waals surface area (Å²) in [5.41, 5.74) is 0. The summed E-state index contributed by atoms with van der Waals surface area (Å²) in [5.74, 6) is 2.07. The van der Waals surface area contributed by atoms with Crippen molar-refractivity contribution in [2.45, 2.75) is 27.2 Å². The van der Waals surface area contributed by atoms with Crippen LogP contribution in [0.5, 0.6) is 0 Å². The van der Waals surface area contributed by atoms with Crippen molar-refractivity contribution in [3.63, 3.8) is 0 Å². The fourth-order valence-corrected chi connectivity index (χ4v) is 1.52. The van der Waals surface area contributed by atoms with E-state index in [0.29, 0.717) is 11.9 Å². The van der Waals surface area contributed by atoms with Gasteiger partial charge in [-0.05, 0) is 20.3 Å². The fourth-order valence-electron chi connectivity index (χ4n) is 1.52. The Kier molecular flexibility index (Phi) is 5.61. The molecule has 0 radical (unpaired) electrons. The molecule has 1 heterocycles. The molecule has 0 amide bonds. The smallest absolute Gasteiger partial charge is 0.231 e. The monoisotopic (exact) mass is 252 g/mol. The number of rotatable bonds is 7. The van der Waals surface area contributed by atoms with E-state index in [1.54, 1.807) is 0 Å². The highest BCUT2D eigenvalue weighted by atomic mass is 15.3. The number of anilines is 3. The molecule has 6 nitrogen and oxygen atoms in total. The second-order valence-corrected chi connectivity index (χ2v) is 4.25. The molecule has 1 rings (SSSR count). The lowest BCUT2D eigenvalue weighted by Crippen LogP contribution is -2.26. The molecule has 0 aromatic carbocycles. The molecule has 0 atom stereocenters. The summed E-state index contributed by atoms with van der Waals surface area (Å²) in [7, 11) is 3.87. The Morgan fingerprint density at radius 3 is 2.06 bits per heavy atom. The zero-order chi connectivity index (χ0) is 13.5. The van der Waals surface area contributed by atoms with Gasteiger partial charge in [0.1, 0.15) is 0 Å². The van der Waals surface area contributed by atoms with Crippen LogP contribution >= 0.6 is 0 Å². The van der Waals surface area contributed by atoms with Crippen molar-refractivity contribution < 1.29 is 0 Å². The van der Waals surface area contributed by atoms with Gasteiger partial charge in [0.25, 0.3) is 0 Å². The molecule has 0 saturated heterocycles. The van der Waals surface area contributed by atoms with Crippen molar-refractivity contribution in [3.05, 3.63) is 0 Å². The van der Waals surface area contributed by atoms with Crippen LogP contribution in [0, 0.1) is 0 Å². The summed E-state index contributed by atoms with van der Waals surface area (Å²) in [4.78, 5) is 17.3. The summed E-state index contributed by atoms with van der Waals surface area (Å²) in [6.45, 7) is 8.96. The standard InChI is InChI=1S/C12H24N6/c1-6-9-13-10-14-11(17(4)5)16-12(15-10)18(7-2)8-3/h6-9H2,1-5H3,(H,13,14,15,16). The zero-order valence-corrected chi connectivity index (χ0v) is 12.1. The highest BCUT2D eigenvalue weighted by Crippen LogP contribution is 2.14. The van der Waals surface area contributed by atoms with Gasteiger partial charge in [-0.1, -0.05) is 6.92 Å². The van der Waals surface area contributed by atoms with Crippen LogP contribution in [0.25, 0.3) is 0 Å². The third-order valence-electron chi connectivity index (χ3n) is 2.59. The summed E-state index contributed by atoms with van der Waals surface area (Å²) < 4.78 is 0. The van der Waals surface area contributed by atoms with E-state index in [1.165, 1.54) is 0 Å². The van der Waals surface area contributed by atoms with E-state index in [-0.39, 0.29) is 0 Å². The quantitative estimate of drug-likeness (QED) is 0.795.